The van der Waals surface area contributed by atoms with Gasteiger partial charge in [0.05, 0.1) is 4.90 Å². The van der Waals surface area contributed by atoms with Gasteiger partial charge in [-0.25, -0.2) is 12.8 Å². The summed E-state index contributed by atoms with van der Waals surface area (Å²) in [6.45, 7) is 1.74. The fraction of sp³-hybridized carbons (Fsp3) is 0.250. The summed E-state index contributed by atoms with van der Waals surface area (Å²) in [5, 5.41) is 10.5. The first-order valence-electron chi connectivity index (χ1n) is 9.95. The lowest BCUT2D eigenvalue weighted by molar-refractivity contribution is 0.352. The van der Waals surface area contributed by atoms with Gasteiger partial charge >= 0.3 is 0 Å². The van der Waals surface area contributed by atoms with Crippen molar-refractivity contribution in [1.29, 1.82) is 0 Å². The fourth-order valence-corrected chi connectivity index (χ4v) is 5.20. The van der Waals surface area contributed by atoms with Gasteiger partial charge in [-0.1, -0.05) is 24.3 Å². The molecule has 156 valence electrons. The molecule has 0 spiro atoms. The van der Waals surface area contributed by atoms with Crippen LogP contribution in [0.3, 0.4) is 0 Å². The van der Waals surface area contributed by atoms with Crippen molar-refractivity contribution in [2.45, 2.75) is 29.1 Å². The van der Waals surface area contributed by atoms with Crippen LogP contribution in [-0.2, 0) is 29.1 Å². The number of rotatable bonds is 4. The molecule has 0 atom stereocenters. The molecule has 30 heavy (non-hydrogen) atoms. The highest BCUT2D eigenvalue weighted by Crippen LogP contribution is 2.33. The predicted octanol–water partition coefficient (Wildman–Crippen LogP) is 3.99. The van der Waals surface area contributed by atoms with E-state index in [1.54, 1.807) is 48.5 Å². The van der Waals surface area contributed by atoms with E-state index >= 15 is 0 Å². The van der Waals surface area contributed by atoms with Gasteiger partial charge in [-0.2, -0.15) is 0 Å². The highest BCUT2D eigenvalue weighted by molar-refractivity contribution is 7.91. The number of hydrogen-bond acceptors (Lipinski definition) is 4. The van der Waals surface area contributed by atoms with Crippen LogP contribution in [0.25, 0.3) is 0 Å². The molecule has 1 aliphatic heterocycles. The first kappa shape index (κ1) is 20.6. The van der Waals surface area contributed by atoms with Gasteiger partial charge in [-0.15, -0.1) is 0 Å². The van der Waals surface area contributed by atoms with E-state index in [0.717, 1.165) is 48.2 Å². The Balaban J connectivity index is 1.61. The molecule has 6 heteroatoms. The van der Waals surface area contributed by atoms with Crippen LogP contribution in [0.4, 0.5) is 4.39 Å². The lowest BCUT2D eigenvalue weighted by atomic mass is 10.0. The van der Waals surface area contributed by atoms with Crippen LogP contribution in [0.2, 0.25) is 0 Å². The quantitative estimate of drug-likeness (QED) is 0.687. The van der Waals surface area contributed by atoms with E-state index in [1.165, 1.54) is 12.1 Å². The van der Waals surface area contributed by atoms with Crippen molar-refractivity contribution in [3.8, 4) is 5.75 Å². The van der Waals surface area contributed by atoms with Gasteiger partial charge in [0.1, 0.15) is 16.5 Å². The van der Waals surface area contributed by atoms with Crippen LogP contribution in [0.1, 0.15) is 22.3 Å². The molecule has 0 fully saturated rings. The maximum atomic E-state index is 13.2. The fourth-order valence-electron chi connectivity index (χ4n) is 3.82. The van der Waals surface area contributed by atoms with Crippen LogP contribution in [-0.4, -0.2) is 38.6 Å². The largest absolute Gasteiger partial charge is 0.507 e. The van der Waals surface area contributed by atoms with E-state index in [0.29, 0.717) is 6.42 Å². The maximum absolute atomic E-state index is 13.2. The summed E-state index contributed by atoms with van der Waals surface area (Å²) in [4.78, 5) is 2.30. The second-order valence-electron chi connectivity index (χ2n) is 7.84. The molecule has 0 aliphatic carbocycles. The smallest absolute Gasteiger partial charge is 0.210 e. The number of hydrogen-bond donors (Lipinski definition) is 1. The van der Waals surface area contributed by atoms with E-state index in [9.17, 15) is 17.9 Å². The first-order chi connectivity index (χ1) is 14.3. The maximum Gasteiger partial charge on any atom is 0.210 e. The normalized spacial score (nSPS) is 14.9. The van der Waals surface area contributed by atoms with E-state index in [1.807, 2.05) is 7.05 Å². The Morgan fingerprint density at radius 1 is 0.900 bits per heavy atom. The zero-order valence-corrected chi connectivity index (χ0v) is 17.6. The van der Waals surface area contributed by atoms with Gasteiger partial charge < -0.3 is 10.0 Å². The molecule has 4 nitrogen and oxygen atoms in total. The third-order valence-corrected chi connectivity index (χ3v) is 7.45. The summed E-state index contributed by atoms with van der Waals surface area (Å²) >= 11 is 0. The number of halogens is 1. The third-order valence-electron chi connectivity index (χ3n) is 5.65. The van der Waals surface area contributed by atoms with E-state index in [4.69, 9.17) is 0 Å². The number of phenolic OH excluding ortho intramolecular Hbond substituents is 1. The number of likely N-dealkylation sites (N-methyl/N-ethyl adjacent to an activating group) is 1. The SMILES string of the molecule is CN1CCc2cc(O)c(S(=O)(=O)c3ccc(Cc4ccc(F)cc4)cc3)cc2CC1. The molecule has 1 heterocycles. The van der Waals surface area contributed by atoms with Crippen molar-refractivity contribution in [2.75, 3.05) is 20.1 Å². The van der Waals surface area contributed by atoms with E-state index < -0.39 is 9.84 Å². The monoisotopic (exact) mass is 425 g/mol. The molecule has 0 saturated carbocycles. The molecule has 0 unspecified atom stereocenters. The van der Waals surface area contributed by atoms with Gasteiger partial charge in [0.15, 0.2) is 0 Å². The predicted molar refractivity (Wildman–Crippen MR) is 114 cm³/mol. The molecule has 0 bridgehead atoms. The Hall–Kier alpha value is -2.70. The minimum Gasteiger partial charge on any atom is -0.507 e. The van der Waals surface area contributed by atoms with Crippen molar-refractivity contribution in [1.82, 2.24) is 4.90 Å². The van der Waals surface area contributed by atoms with Crippen LogP contribution in [0, 0.1) is 5.82 Å². The Bertz CT molecular complexity index is 1160. The van der Waals surface area contributed by atoms with Gasteiger partial charge in [0, 0.05) is 13.1 Å². The Kier molecular flexibility index (Phi) is 5.62. The van der Waals surface area contributed by atoms with Crippen molar-refractivity contribution < 1.29 is 17.9 Å². The molecule has 0 aromatic heterocycles. The minimum atomic E-state index is -3.84. The molecule has 0 saturated heterocycles. The van der Waals surface area contributed by atoms with Crippen LogP contribution >= 0.6 is 0 Å². The Morgan fingerprint density at radius 2 is 1.43 bits per heavy atom. The molecular weight excluding hydrogens is 401 g/mol. The van der Waals surface area contributed by atoms with E-state index in [-0.39, 0.29) is 21.4 Å². The Morgan fingerprint density at radius 3 is 2.03 bits per heavy atom. The van der Waals surface area contributed by atoms with Crippen molar-refractivity contribution in [2.24, 2.45) is 0 Å². The Labute approximate surface area is 176 Å². The summed E-state index contributed by atoms with van der Waals surface area (Å²) in [6, 6.07) is 16.1. The first-order valence-corrected chi connectivity index (χ1v) is 11.4. The number of aromatic hydroxyl groups is 1. The number of benzene rings is 3. The van der Waals surface area contributed by atoms with Gasteiger partial charge in [-0.05, 0) is 85.0 Å². The molecule has 1 N–H and O–H groups in total. The van der Waals surface area contributed by atoms with Gasteiger partial charge in [-0.3, -0.25) is 0 Å². The molecule has 0 amide bonds. The lowest BCUT2D eigenvalue weighted by Gasteiger charge is -2.12. The topological polar surface area (TPSA) is 57.6 Å². The van der Waals surface area contributed by atoms with E-state index in [2.05, 4.69) is 4.90 Å². The molecule has 1 aliphatic rings. The average Bonchev–Trinajstić information content (AvgIpc) is 2.91. The molecule has 4 rings (SSSR count). The summed E-state index contributed by atoms with van der Waals surface area (Å²) in [6.07, 6.45) is 2.13. The highest BCUT2D eigenvalue weighted by atomic mass is 32.2. The van der Waals surface area contributed by atoms with Crippen molar-refractivity contribution in [3.05, 3.63) is 88.7 Å². The molecule has 3 aromatic carbocycles. The average molecular weight is 426 g/mol. The summed E-state index contributed by atoms with van der Waals surface area (Å²) in [7, 11) is -1.80. The number of sulfone groups is 1. The van der Waals surface area contributed by atoms with Crippen LogP contribution < -0.4 is 0 Å². The number of fused-ring (bicyclic) bond motifs is 1. The summed E-state index contributed by atoms with van der Waals surface area (Å²) < 4.78 is 39.4. The summed E-state index contributed by atoms with van der Waals surface area (Å²) in [5.41, 5.74) is 3.85. The molecule has 0 radical (unpaired) electrons. The number of nitrogens with zero attached hydrogens (tertiary/aromatic N) is 1. The highest BCUT2D eigenvalue weighted by Gasteiger charge is 2.24. The zero-order valence-electron chi connectivity index (χ0n) is 16.8. The second kappa shape index (κ2) is 8.20. The van der Waals surface area contributed by atoms with Gasteiger partial charge in [0.2, 0.25) is 9.84 Å². The zero-order chi connectivity index (χ0) is 21.3. The van der Waals surface area contributed by atoms with Crippen molar-refractivity contribution >= 4 is 9.84 Å². The van der Waals surface area contributed by atoms with Crippen LogP contribution in [0.15, 0.2) is 70.5 Å². The number of phenols is 1. The third kappa shape index (κ3) is 4.25. The molecular formula is C24H24FNO3S. The van der Waals surface area contributed by atoms with Gasteiger partial charge in [0.25, 0.3) is 0 Å². The summed E-state index contributed by atoms with van der Waals surface area (Å²) in [5.74, 6) is -0.485. The standard InChI is InChI=1S/C24H24FNO3S/c1-26-12-10-19-15-23(27)24(16-20(19)11-13-26)30(28,29)22-8-4-18(5-9-22)14-17-2-6-21(25)7-3-17/h2-9,15-16,27H,10-14H2,1H3. The van der Waals surface area contributed by atoms with Crippen molar-refractivity contribution in [3.63, 3.8) is 0 Å². The second-order valence-corrected chi connectivity index (χ2v) is 9.76. The van der Waals surface area contributed by atoms with Crippen LogP contribution in [0.5, 0.6) is 5.75 Å². The lowest BCUT2D eigenvalue weighted by Crippen LogP contribution is -2.20. The molecule has 3 aromatic rings. The minimum absolute atomic E-state index is 0.0444.